The van der Waals surface area contributed by atoms with Gasteiger partial charge in [-0.2, -0.15) is 0 Å². The van der Waals surface area contributed by atoms with Crippen LogP contribution in [0.25, 0.3) is 6.08 Å². The summed E-state index contributed by atoms with van der Waals surface area (Å²) >= 11 is 0. The minimum Gasteiger partial charge on any atom is -0.462 e. The van der Waals surface area contributed by atoms with E-state index in [2.05, 4.69) is 6.58 Å². The van der Waals surface area contributed by atoms with E-state index in [1.807, 2.05) is 42.5 Å². The summed E-state index contributed by atoms with van der Waals surface area (Å²) in [5, 5.41) is 0. The molecule has 0 fully saturated rings. The number of esters is 1. The highest BCUT2D eigenvalue weighted by atomic mass is 16.5. The Kier molecular flexibility index (Phi) is 5.06. The van der Waals surface area contributed by atoms with Crippen molar-refractivity contribution in [1.29, 1.82) is 0 Å². The minimum atomic E-state index is -0.326. The van der Waals surface area contributed by atoms with Gasteiger partial charge < -0.3 is 4.74 Å². The van der Waals surface area contributed by atoms with Gasteiger partial charge in [0.25, 0.3) is 0 Å². The van der Waals surface area contributed by atoms with Crippen molar-refractivity contribution >= 4 is 12.0 Å². The maximum atomic E-state index is 11.0. The predicted molar refractivity (Wildman–Crippen MR) is 65.9 cm³/mol. The van der Waals surface area contributed by atoms with Crippen LogP contribution in [0.15, 0.2) is 48.6 Å². The van der Waals surface area contributed by atoms with Crippen molar-refractivity contribution < 1.29 is 9.53 Å². The molecule has 1 aromatic carbocycles. The van der Waals surface area contributed by atoms with Crippen molar-refractivity contribution in [3.05, 3.63) is 54.1 Å². The average molecular weight is 216 g/mol. The first kappa shape index (κ1) is 12.2. The van der Waals surface area contributed by atoms with Crippen LogP contribution in [0.3, 0.4) is 0 Å². The second-order valence-corrected chi connectivity index (χ2v) is 3.52. The number of hydrogen-bond donors (Lipinski definition) is 0. The van der Waals surface area contributed by atoms with Crippen LogP contribution in [0.1, 0.15) is 18.9 Å². The zero-order chi connectivity index (χ0) is 11.8. The van der Waals surface area contributed by atoms with Crippen molar-refractivity contribution in [1.82, 2.24) is 0 Å². The summed E-state index contributed by atoms with van der Waals surface area (Å²) in [5.41, 5.74) is 1.58. The highest BCUT2D eigenvalue weighted by molar-refractivity contribution is 5.86. The van der Waals surface area contributed by atoms with Gasteiger partial charge in [-0.3, -0.25) is 0 Å². The van der Waals surface area contributed by atoms with Gasteiger partial charge in [-0.05, 0) is 18.9 Å². The summed E-state index contributed by atoms with van der Waals surface area (Å²) in [6.45, 7) is 5.55. The molecule has 84 valence electrons. The molecule has 0 N–H and O–H groups in total. The van der Waals surface area contributed by atoms with Gasteiger partial charge in [-0.25, -0.2) is 4.79 Å². The van der Waals surface area contributed by atoms with E-state index in [0.29, 0.717) is 18.6 Å². The summed E-state index contributed by atoms with van der Waals surface area (Å²) in [6, 6.07) is 10.0. The summed E-state index contributed by atoms with van der Waals surface area (Å²) < 4.78 is 4.95. The molecule has 16 heavy (non-hydrogen) atoms. The molecule has 1 aromatic rings. The second kappa shape index (κ2) is 6.62. The fourth-order valence-electron chi connectivity index (χ4n) is 1.13. The number of hydrogen-bond acceptors (Lipinski definition) is 2. The molecular weight excluding hydrogens is 200 g/mol. The molecule has 2 heteroatoms. The fourth-order valence-corrected chi connectivity index (χ4v) is 1.13. The Balaban J connectivity index is 2.24. The number of ether oxygens (including phenoxy) is 1. The van der Waals surface area contributed by atoms with E-state index >= 15 is 0 Å². The molecule has 0 radical (unpaired) electrons. The number of benzene rings is 1. The molecule has 0 saturated carbocycles. The maximum absolute atomic E-state index is 11.0. The molecule has 0 spiro atoms. The van der Waals surface area contributed by atoms with E-state index in [1.54, 1.807) is 6.92 Å². The van der Waals surface area contributed by atoms with Gasteiger partial charge in [0.2, 0.25) is 0 Å². The Hall–Kier alpha value is -1.83. The largest absolute Gasteiger partial charge is 0.462 e. The van der Waals surface area contributed by atoms with E-state index in [4.69, 9.17) is 4.74 Å². The van der Waals surface area contributed by atoms with E-state index < -0.39 is 0 Å². The Morgan fingerprint density at radius 2 is 2.06 bits per heavy atom. The average Bonchev–Trinajstić information content (AvgIpc) is 2.29. The lowest BCUT2D eigenvalue weighted by Gasteiger charge is -2.00. The molecule has 2 nitrogen and oxygen atoms in total. The highest BCUT2D eigenvalue weighted by Crippen LogP contribution is 2.02. The standard InChI is InChI=1S/C14H16O2/c1-12(2)14(15)16-11-7-6-10-13-8-4-3-5-9-13/h3-6,8-10H,1,7,11H2,2H3. The number of carbonyl (C=O) groups is 1. The van der Waals surface area contributed by atoms with Crippen molar-refractivity contribution in [2.75, 3.05) is 6.61 Å². The predicted octanol–water partition coefficient (Wildman–Crippen LogP) is 3.21. The lowest BCUT2D eigenvalue weighted by Crippen LogP contribution is -2.05. The summed E-state index contributed by atoms with van der Waals surface area (Å²) in [7, 11) is 0. The Bertz CT molecular complexity index is 377. The van der Waals surface area contributed by atoms with Gasteiger partial charge in [-0.15, -0.1) is 0 Å². The third-order valence-electron chi connectivity index (χ3n) is 1.98. The van der Waals surface area contributed by atoms with Crippen molar-refractivity contribution in [2.45, 2.75) is 13.3 Å². The van der Waals surface area contributed by atoms with Crippen molar-refractivity contribution in [2.24, 2.45) is 0 Å². The molecular formula is C14H16O2. The van der Waals surface area contributed by atoms with Crippen LogP contribution in [0.2, 0.25) is 0 Å². The number of rotatable bonds is 5. The second-order valence-electron chi connectivity index (χ2n) is 3.52. The molecule has 0 aliphatic heterocycles. The lowest BCUT2D eigenvalue weighted by molar-refractivity contribution is -0.138. The van der Waals surface area contributed by atoms with Crippen molar-refractivity contribution in [3.8, 4) is 0 Å². The van der Waals surface area contributed by atoms with Crippen LogP contribution in [-0.2, 0) is 9.53 Å². The lowest BCUT2D eigenvalue weighted by atomic mass is 10.2. The third-order valence-corrected chi connectivity index (χ3v) is 1.98. The van der Waals surface area contributed by atoms with Crippen LogP contribution >= 0.6 is 0 Å². The first-order chi connectivity index (χ1) is 7.70. The quantitative estimate of drug-likeness (QED) is 0.429. The molecule has 0 aliphatic carbocycles. The third kappa shape index (κ3) is 4.60. The molecule has 0 aromatic heterocycles. The molecule has 0 aliphatic rings. The van der Waals surface area contributed by atoms with Crippen LogP contribution in [0, 0.1) is 0 Å². The van der Waals surface area contributed by atoms with Gasteiger partial charge in [0.15, 0.2) is 0 Å². The summed E-state index contributed by atoms with van der Waals surface area (Å²) in [6.07, 6.45) is 4.71. The normalized spacial score (nSPS) is 10.3. The van der Waals surface area contributed by atoms with E-state index in [0.717, 1.165) is 5.56 Å². The van der Waals surface area contributed by atoms with Crippen LogP contribution in [-0.4, -0.2) is 12.6 Å². The molecule has 0 saturated heterocycles. The topological polar surface area (TPSA) is 26.3 Å². The monoisotopic (exact) mass is 216 g/mol. The molecule has 0 heterocycles. The molecule has 0 atom stereocenters. The fraction of sp³-hybridized carbons (Fsp3) is 0.214. The molecule has 0 amide bonds. The molecule has 1 rings (SSSR count). The summed E-state index contributed by atoms with van der Waals surface area (Å²) in [4.78, 5) is 11.0. The zero-order valence-electron chi connectivity index (χ0n) is 9.48. The Morgan fingerprint density at radius 3 is 2.69 bits per heavy atom. The van der Waals surface area contributed by atoms with Crippen molar-refractivity contribution in [3.63, 3.8) is 0 Å². The first-order valence-electron chi connectivity index (χ1n) is 5.24. The SMILES string of the molecule is C=C(C)C(=O)OCCC=Cc1ccccc1. The van der Waals surface area contributed by atoms with Crippen LogP contribution < -0.4 is 0 Å². The van der Waals surface area contributed by atoms with Gasteiger partial charge in [0.05, 0.1) is 6.61 Å². The molecule has 0 unspecified atom stereocenters. The summed E-state index contributed by atoms with van der Waals surface area (Å²) in [5.74, 6) is -0.326. The van der Waals surface area contributed by atoms with E-state index in [1.165, 1.54) is 0 Å². The number of carbonyl (C=O) groups excluding carboxylic acids is 1. The smallest absolute Gasteiger partial charge is 0.333 e. The van der Waals surface area contributed by atoms with Crippen LogP contribution in [0.4, 0.5) is 0 Å². The van der Waals surface area contributed by atoms with E-state index in [-0.39, 0.29) is 5.97 Å². The Morgan fingerprint density at radius 1 is 1.38 bits per heavy atom. The van der Waals surface area contributed by atoms with Gasteiger partial charge >= 0.3 is 5.97 Å². The zero-order valence-corrected chi connectivity index (χ0v) is 9.48. The molecule has 0 bridgehead atoms. The van der Waals surface area contributed by atoms with Gasteiger partial charge in [-0.1, -0.05) is 49.1 Å². The van der Waals surface area contributed by atoms with E-state index in [9.17, 15) is 4.79 Å². The Labute approximate surface area is 96.2 Å². The van der Waals surface area contributed by atoms with Gasteiger partial charge in [0, 0.05) is 5.57 Å². The highest BCUT2D eigenvalue weighted by Gasteiger charge is 2.00. The minimum absolute atomic E-state index is 0.326. The maximum Gasteiger partial charge on any atom is 0.333 e. The van der Waals surface area contributed by atoms with Gasteiger partial charge in [0.1, 0.15) is 0 Å². The first-order valence-corrected chi connectivity index (χ1v) is 5.24. The van der Waals surface area contributed by atoms with Crippen LogP contribution in [0.5, 0.6) is 0 Å².